The molecule has 1 saturated carbocycles. The fraction of sp³-hybridized carbons (Fsp3) is 0.529. The lowest BCUT2D eigenvalue weighted by Crippen LogP contribution is -2.18. The highest BCUT2D eigenvalue weighted by atomic mass is 16.5. The third-order valence-electron chi connectivity index (χ3n) is 3.52. The van der Waals surface area contributed by atoms with Crippen LogP contribution < -0.4 is 14.8 Å². The Labute approximate surface area is 122 Å². The molecule has 2 rings (SSSR count). The number of nitrogens with one attached hydrogen (secondary N) is 1. The van der Waals surface area contributed by atoms with Crippen molar-refractivity contribution in [2.24, 2.45) is 0 Å². The lowest BCUT2D eigenvalue weighted by Gasteiger charge is -2.13. The first-order valence-electron chi connectivity index (χ1n) is 7.51. The van der Waals surface area contributed by atoms with Crippen LogP contribution in [0.2, 0.25) is 0 Å². The molecule has 1 aromatic rings. The second-order valence-electron chi connectivity index (χ2n) is 5.12. The molecule has 3 heteroatoms. The van der Waals surface area contributed by atoms with Crippen molar-refractivity contribution in [2.45, 2.75) is 39.2 Å². The van der Waals surface area contributed by atoms with Crippen LogP contribution in [0.25, 0.3) is 6.08 Å². The Morgan fingerprint density at radius 1 is 1.35 bits per heavy atom. The van der Waals surface area contributed by atoms with Crippen molar-refractivity contribution in [3.8, 4) is 11.5 Å². The Kier molecular flexibility index (Phi) is 5.48. The van der Waals surface area contributed by atoms with Crippen LogP contribution >= 0.6 is 0 Å². The van der Waals surface area contributed by atoms with Gasteiger partial charge in [-0.25, -0.2) is 0 Å². The quantitative estimate of drug-likeness (QED) is 0.785. The van der Waals surface area contributed by atoms with Gasteiger partial charge in [-0.2, -0.15) is 0 Å². The minimum Gasteiger partial charge on any atom is -0.492 e. The van der Waals surface area contributed by atoms with Crippen molar-refractivity contribution in [1.29, 1.82) is 0 Å². The largest absolute Gasteiger partial charge is 0.492 e. The van der Waals surface area contributed by atoms with Crippen LogP contribution in [0.3, 0.4) is 0 Å². The van der Waals surface area contributed by atoms with Gasteiger partial charge < -0.3 is 14.8 Å². The van der Waals surface area contributed by atoms with Gasteiger partial charge in [0.2, 0.25) is 0 Å². The Balaban J connectivity index is 2.17. The van der Waals surface area contributed by atoms with Crippen molar-refractivity contribution in [3.63, 3.8) is 0 Å². The van der Waals surface area contributed by atoms with Crippen LogP contribution in [-0.4, -0.2) is 26.3 Å². The number of methoxy groups -OCH3 is 1. The summed E-state index contributed by atoms with van der Waals surface area (Å²) >= 11 is 0. The molecule has 0 amide bonds. The van der Waals surface area contributed by atoms with E-state index in [4.69, 9.17) is 9.47 Å². The van der Waals surface area contributed by atoms with Crippen molar-refractivity contribution >= 4 is 6.08 Å². The van der Waals surface area contributed by atoms with Gasteiger partial charge in [0.15, 0.2) is 11.5 Å². The van der Waals surface area contributed by atoms with E-state index in [1.165, 1.54) is 18.4 Å². The molecule has 0 radical (unpaired) electrons. The summed E-state index contributed by atoms with van der Waals surface area (Å²) in [5.74, 6) is 1.64. The summed E-state index contributed by atoms with van der Waals surface area (Å²) in [5.41, 5.74) is 2.48. The Bertz CT molecular complexity index is 464. The molecule has 110 valence electrons. The molecule has 0 unspecified atom stereocenters. The normalized spacial score (nSPS) is 15.2. The lowest BCUT2D eigenvalue weighted by molar-refractivity contribution is 0.310. The maximum atomic E-state index is 5.62. The zero-order chi connectivity index (χ0) is 14.4. The molecule has 0 atom stereocenters. The monoisotopic (exact) mass is 275 g/mol. The molecule has 0 bridgehead atoms. The predicted molar refractivity (Wildman–Crippen MR) is 83.5 cm³/mol. The third-order valence-corrected chi connectivity index (χ3v) is 3.52. The highest BCUT2D eigenvalue weighted by Gasteiger charge is 2.20. The second kappa shape index (κ2) is 7.34. The summed E-state index contributed by atoms with van der Waals surface area (Å²) in [6.07, 6.45) is 5.90. The number of rotatable bonds is 8. The zero-order valence-electron chi connectivity index (χ0n) is 12.7. The predicted octanol–water partition coefficient (Wildman–Crippen LogP) is 3.64. The van der Waals surface area contributed by atoms with Crippen molar-refractivity contribution in [1.82, 2.24) is 5.32 Å². The Morgan fingerprint density at radius 3 is 2.75 bits per heavy atom. The number of ether oxygens (including phenoxy) is 2. The van der Waals surface area contributed by atoms with E-state index in [9.17, 15) is 0 Å². The first-order valence-corrected chi connectivity index (χ1v) is 7.51. The van der Waals surface area contributed by atoms with Gasteiger partial charge in [0, 0.05) is 18.2 Å². The van der Waals surface area contributed by atoms with Gasteiger partial charge in [-0.05, 0) is 32.3 Å². The van der Waals surface area contributed by atoms with Crippen LogP contribution in [0.5, 0.6) is 11.5 Å². The van der Waals surface area contributed by atoms with E-state index in [0.717, 1.165) is 36.1 Å². The molecule has 0 spiro atoms. The van der Waals surface area contributed by atoms with Crippen LogP contribution in [0, 0.1) is 0 Å². The number of hydrogen-bond acceptors (Lipinski definition) is 3. The molecule has 1 N–H and O–H groups in total. The average molecular weight is 275 g/mol. The molecule has 1 aliphatic carbocycles. The standard InChI is InChI=1S/C17H25NO2/c1-4-13(12-18-15-9-10-15)11-14-7-6-8-16(20-5-2)17(14)19-3/h6-8,11,15,18H,4-5,9-10,12H2,1-3H3. The first-order chi connectivity index (χ1) is 9.78. The fourth-order valence-electron chi connectivity index (χ4n) is 2.19. The summed E-state index contributed by atoms with van der Waals surface area (Å²) in [5, 5.41) is 3.56. The van der Waals surface area contributed by atoms with E-state index >= 15 is 0 Å². The van der Waals surface area contributed by atoms with Gasteiger partial charge in [-0.1, -0.05) is 30.7 Å². The topological polar surface area (TPSA) is 30.5 Å². The van der Waals surface area contributed by atoms with Gasteiger partial charge in [0.1, 0.15) is 0 Å². The molecule has 0 aliphatic heterocycles. The van der Waals surface area contributed by atoms with Gasteiger partial charge in [0.05, 0.1) is 13.7 Å². The Morgan fingerprint density at radius 2 is 2.15 bits per heavy atom. The molecule has 1 aromatic carbocycles. The van der Waals surface area contributed by atoms with E-state index in [0.29, 0.717) is 6.61 Å². The summed E-state index contributed by atoms with van der Waals surface area (Å²) in [6.45, 7) is 5.79. The van der Waals surface area contributed by atoms with E-state index in [1.54, 1.807) is 7.11 Å². The van der Waals surface area contributed by atoms with E-state index in [-0.39, 0.29) is 0 Å². The zero-order valence-corrected chi connectivity index (χ0v) is 12.7. The molecular formula is C17H25NO2. The highest BCUT2D eigenvalue weighted by Crippen LogP contribution is 2.32. The maximum absolute atomic E-state index is 5.62. The molecular weight excluding hydrogens is 250 g/mol. The summed E-state index contributed by atoms with van der Waals surface area (Å²) in [7, 11) is 1.70. The lowest BCUT2D eigenvalue weighted by atomic mass is 10.1. The van der Waals surface area contributed by atoms with Gasteiger partial charge in [-0.3, -0.25) is 0 Å². The first kappa shape index (κ1) is 14.9. The molecule has 1 fully saturated rings. The van der Waals surface area contributed by atoms with Crippen LogP contribution in [0.15, 0.2) is 23.8 Å². The maximum Gasteiger partial charge on any atom is 0.167 e. The Hall–Kier alpha value is -1.48. The fourth-order valence-corrected chi connectivity index (χ4v) is 2.19. The smallest absolute Gasteiger partial charge is 0.167 e. The average Bonchev–Trinajstić information content (AvgIpc) is 3.28. The van der Waals surface area contributed by atoms with Crippen molar-refractivity contribution < 1.29 is 9.47 Å². The highest BCUT2D eigenvalue weighted by molar-refractivity contribution is 5.64. The summed E-state index contributed by atoms with van der Waals surface area (Å²) in [6, 6.07) is 6.78. The third kappa shape index (κ3) is 4.01. The van der Waals surface area contributed by atoms with Gasteiger partial charge >= 0.3 is 0 Å². The summed E-state index contributed by atoms with van der Waals surface area (Å²) in [4.78, 5) is 0. The molecule has 0 heterocycles. The van der Waals surface area contributed by atoms with E-state index in [2.05, 4.69) is 24.4 Å². The molecule has 1 aliphatic rings. The van der Waals surface area contributed by atoms with Crippen molar-refractivity contribution in [2.75, 3.05) is 20.3 Å². The number of benzene rings is 1. The number of hydrogen-bond donors (Lipinski definition) is 1. The molecule has 0 aromatic heterocycles. The molecule has 3 nitrogen and oxygen atoms in total. The van der Waals surface area contributed by atoms with Gasteiger partial charge in [-0.15, -0.1) is 0 Å². The van der Waals surface area contributed by atoms with E-state index < -0.39 is 0 Å². The van der Waals surface area contributed by atoms with Gasteiger partial charge in [0.25, 0.3) is 0 Å². The second-order valence-corrected chi connectivity index (χ2v) is 5.12. The summed E-state index contributed by atoms with van der Waals surface area (Å²) < 4.78 is 11.1. The number of para-hydroxylation sites is 1. The van der Waals surface area contributed by atoms with E-state index in [1.807, 2.05) is 19.1 Å². The van der Waals surface area contributed by atoms with Crippen molar-refractivity contribution in [3.05, 3.63) is 29.3 Å². The van der Waals surface area contributed by atoms with Crippen LogP contribution in [0.4, 0.5) is 0 Å². The minimum atomic E-state index is 0.646. The molecule has 0 saturated heterocycles. The molecule has 20 heavy (non-hydrogen) atoms. The SMILES string of the molecule is CCOc1cccc(C=C(CC)CNC2CC2)c1OC. The van der Waals surface area contributed by atoms with Crippen LogP contribution in [-0.2, 0) is 0 Å². The van der Waals surface area contributed by atoms with Crippen LogP contribution in [0.1, 0.15) is 38.7 Å². The minimum absolute atomic E-state index is 0.646.